The minimum absolute atomic E-state index is 0.133. The molecule has 1 aromatic rings. The third-order valence-electron chi connectivity index (χ3n) is 4.15. The van der Waals surface area contributed by atoms with Crippen LogP contribution in [0.15, 0.2) is 18.2 Å². The largest absolute Gasteiger partial charge is 0.327 e. The highest BCUT2D eigenvalue weighted by molar-refractivity contribution is 5.92. The van der Waals surface area contributed by atoms with Crippen molar-refractivity contribution < 1.29 is 9.69 Å². The van der Waals surface area contributed by atoms with Crippen molar-refractivity contribution in [3.8, 4) is 0 Å². The fraction of sp³-hybridized carbons (Fsp3) is 0.588. The van der Waals surface area contributed by atoms with Gasteiger partial charge in [-0.05, 0) is 31.9 Å². The number of nitrogens with one attached hydrogen (secondary N) is 2. The summed E-state index contributed by atoms with van der Waals surface area (Å²) in [6, 6.07) is 6.15. The van der Waals surface area contributed by atoms with Crippen molar-refractivity contribution in [1.29, 1.82) is 0 Å². The first-order chi connectivity index (χ1) is 9.44. The molecule has 0 saturated carbocycles. The van der Waals surface area contributed by atoms with E-state index in [1.165, 1.54) is 16.9 Å². The number of amides is 1. The van der Waals surface area contributed by atoms with Crippen molar-refractivity contribution in [2.24, 2.45) is 11.8 Å². The van der Waals surface area contributed by atoms with E-state index in [-0.39, 0.29) is 5.91 Å². The first-order valence-electron chi connectivity index (χ1n) is 7.64. The molecule has 1 aliphatic heterocycles. The Morgan fingerprint density at radius 2 is 1.90 bits per heavy atom. The van der Waals surface area contributed by atoms with Gasteiger partial charge in [0.25, 0.3) is 5.91 Å². The van der Waals surface area contributed by atoms with E-state index in [1.807, 2.05) is 19.1 Å². The van der Waals surface area contributed by atoms with E-state index in [4.69, 9.17) is 0 Å². The number of hydrogen-bond donors (Lipinski definition) is 2. The Bertz CT molecular complexity index is 474. The van der Waals surface area contributed by atoms with Crippen molar-refractivity contribution in [1.82, 2.24) is 0 Å². The van der Waals surface area contributed by atoms with E-state index in [2.05, 4.69) is 32.2 Å². The molecule has 0 spiro atoms. The zero-order chi connectivity index (χ0) is 14.7. The monoisotopic (exact) mass is 275 g/mol. The molecule has 2 rings (SSSR count). The molecule has 2 N–H and O–H groups in total. The molecule has 0 radical (unpaired) electrons. The highest BCUT2D eigenvalue weighted by Gasteiger charge is 2.26. The van der Waals surface area contributed by atoms with Crippen LogP contribution in [0, 0.1) is 25.7 Å². The summed E-state index contributed by atoms with van der Waals surface area (Å²) in [4.78, 5) is 13.6. The van der Waals surface area contributed by atoms with Crippen LogP contribution >= 0.6 is 0 Å². The summed E-state index contributed by atoms with van der Waals surface area (Å²) in [5.74, 6) is 1.58. The highest BCUT2D eigenvalue weighted by atomic mass is 16.2. The number of carbonyl (C=O) groups is 1. The predicted octanol–water partition coefficient (Wildman–Crippen LogP) is 1.80. The maximum absolute atomic E-state index is 12.2. The number of carbonyl (C=O) groups excluding carboxylic acids is 1. The number of aryl methyl sites for hydroxylation is 2. The van der Waals surface area contributed by atoms with Crippen LogP contribution in [0.3, 0.4) is 0 Å². The van der Waals surface area contributed by atoms with Gasteiger partial charge in [-0.2, -0.15) is 0 Å². The van der Waals surface area contributed by atoms with Crippen molar-refractivity contribution in [3.05, 3.63) is 29.3 Å². The summed E-state index contributed by atoms with van der Waals surface area (Å²) in [6.07, 6.45) is 1.29. The highest BCUT2D eigenvalue weighted by Crippen LogP contribution is 2.16. The average Bonchev–Trinajstić information content (AvgIpc) is 2.31. The second-order valence-electron chi connectivity index (χ2n) is 6.65. The molecule has 1 heterocycles. The Morgan fingerprint density at radius 1 is 1.25 bits per heavy atom. The molecule has 1 fully saturated rings. The van der Waals surface area contributed by atoms with E-state index in [0.717, 1.165) is 36.2 Å². The molecule has 3 heteroatoms. The molecule has 1 saturated heterocycles. The van der Waals surface area contributed by atoms with Gasteiger partial charge in [-0.3, -0.25) is 4.79 Å². The lowest BCUT2D eigenvalue weighted by Gasteiger charge is -2.31. The van der Waals surface area contributed by atoms with E-state index in [9.17, 15) is 4.79 Å². The lowest BCUT2D eigenvalue weighted by Crippen LogP contribution is -3.15. The zero-order valence-electron chi connectivity index (χ0n) is 13.1. The molecule has 20 heavy (non-hydrogen) atoms. The third kappa shape index (κ3) is 4.07. The van der Waals surface area contributed by atoms with Gasteiger partial charge in [0.05, 0.1) is 13.1 Å². The van der Waals surface area contributed by atoms with Gasteiger partial charge < -0.3 is 10.2 Å². The summed E-state index contributed by atoms with van der Waals surface area (Å²) in [6.45, 7) is 11.5. The maximum atomic E-state index is 12.2. The van der Waals surface area contributed by atoms with Crippen LogP contribution < -0.4 is 10.2 Å². The Balaban J connectivity index is 1.92. The van der Waals surface area contributed by atoms with Gasteiger partial charge in [-0.25, -0.2) is 0 Å². The van der Waals surface area contributed by atoms with Crippen molar-refractivity contribution >= 4 is 11.6 Å². The standard InChI is InChI=1S/C17H26N2O/c1-12-5-6-16(15(4)8-12)18-17(20)11-19-9-13(2)7-14(3)10-19/h5-6,8,13-14H,7,9-11H2,1-4H3,(H,18,20)/p+1/t13-,14+. The molecule has 0 aliphatic carbocycles. The smallest absolute Gasteiger partial charge is 0.279 e. The van der Waals surface area contributed by atoms with Gasteiger partial charge in [0.1, 0.15) is 0 Å². The lowest BCUT2D eigenvalue weighted by molar-refractivity contribution is -0.904. The van der Waals surface area contributed by atoms with Crippen LogP contribution in [-0.2, 0) is 4.79 Å². The Morgan fingerprint density at radius 3 is 2.50 bits per heavy atom. The van der Waals surface area contributed by atoms with Crippen molar-refractivity contribution in [3.63, 3.8) is 0 Å². The van der Waals surface area contributed by atoms with Gasteiger partial charge in [0.2, 0.25) is 0 Å². The summed E-state index contributed by atoms with van der Waals surface area (Å²) < 4.78 is 0. The van der Waals surface area contributed by atoms with E-state index < -0.39 is 0 Å². The Kier molecular flexibility index (Phi) is 4.81. The van der Waals surface area contributed by atoms with Gasteiger partial charge in [-0.1, -0.05) is 31.5 Å². The maximum Gasteiger partial charge on any atom is 0.279 e. The van der Waals surface area contributed by atoms with Gasteiger partial charge in [0, 0.05) is 17.5 Å². The first kappa shape index (κ1) is 15.0. The van der Waals surface area contributed by atoms with Crippen LogP contribution in [-0.4, -0.2) is 25.5 Å². The predicted molar refractivity (Wildman–Crippen MR) is 83.1 cm³/mol. The second-order valence-corrected chi connectivity index (χ2v) is 6.65. The summed E-state index contributed by atoms with van der Waals surface area (Å²) >= 11 is 0. The molecule has 0 bridgehead atoms. The van der Waals surface area contributed by atoms with Crippen molar-refractivity contribution in [2.75, 3.05) is 25.0 Å². The van der Waals surface area contributed by atoms with E-state index in [1.54, 1.807) is 0 Å². The quantitative estimate of drug-likeness (QED) is 0.866. The van der Waals surface area contributed by atoms with Crippen LogP contribution in [0.2, 0.25) is 0 Å². The number of piperidine rings is 1. The van der Waals surface area contributed by atoms with Crippen molar-refractivity contribution in [2.45, 2.75) is 34.1 Å². The molecule has 1 unspecified atom stereocenters. The van der Waals surface area contributed by atoms with Crippen LogP contribution in [0.1, 0.15) is 31.4 Å². The number of quaternary nitrogens is 1. The first-order valence-corrected chi connectivity index (χ1v) is 7.64. The van der Waals surface area contributed by atoms with E-state index >= 15 is 0 Å². The van der Waals surface area contributed by atoms with Gasteiger partial charge in [0.15, 0.2) is 6.54 Å². The number of benzene rings is 1. The summed E-state index contributed by atoms with van der Waals surface area (Å²) in [7, 11) is 0. The van der Waals surface area contributed by atoms with Gasteiger partial charge >= 0.3 is 0 Å². The molecule has 1 aromatic carbocycles. The molecule has 110 valence electrons. The molecule has 3 atom stereocenters. The molecular formula is C17H27N2O+. The average molecular weight is 275 g/mol. The molecular weight excluding hydrogens is 248 g/mol. The Hall–Kier alpha value is -1.35. The molecule has 1 amide bonds. The third-order valence-corrected chi connectivity index (χ3v) is 4.15. The summed E-state index contributed by atoms with van der Waals surface area (Å²) in [5.41, 5.74) is 3.30. The van der Waals surface area contributed by atoms with Gasteiger partial charge in [-0.15, -0.1) is 0 Å². The van der Waals surface area contributed by atoms with Crippen LogP contribution in [0.4, 0.5) is 5.69 Å². The van der Waals surface area contributed by atoms with Crippen LogP contribution in [0.25, 0.3) is 0 Å². The zero-order valence-corrected chi connectivity index (χ0v) is 13.1. The minimum Gasteiger partial charge on any atom is -0.327 e. The second kappa shape index (κ2) is 6.40. The normalized spacial score (nSPS) is 26.3. The van der Waals surface area contributed by atoms with Crippen LogP contribution in [0.5, 0.6) is 0 Å². The molecule has 3 nitrogen and oxygen atoms in total. The SMILES string of the molecule is Cc1ccc(NC(=O)C[NH+]2C[C@H](C)C[C@H](C)C2)c(C)c1. The molecule has 1 aliphatic rings. The minimum atomic E-state index is 0.133. The number of rotatable bonds is 3. The Labute approximate surface area is 122 Å². The lowest BCUT2D eigenvalue weighted by atomic mass is 9.92. The number of anilines is 1. The number of likely N-dealkylation sites (tertiary alicyclic amines) is 1. The molecule has 0 aromatic heterocycles. The fourth-order valence-electron chi connectivity index (χ4n) is 3.44. The topological polar surface area (TPSA) is 33.5 Å². The fourth-order valence-corrected chi connectivity index (χ4v) is 3.44. The number of hydrogen-bond acceptors (Lipinski definition) is 1. The van der Waals surface area contributed by atoms with E-state index in [0.29, 0.717) is 6.54 Å². The summed E-state index contributed by atoms with van der Waals surface area (Å²) in [5, 5.41) is 3.05.